The zero-order valence-electron chi connectivity index (χ0n) is 12.7. The molecule has 0 aliphatic rings. The van der Waals surface area contributed by atoms with E-state index < -0.39 is 0 Å². The molecule has 0 aromatic heterocycles. The Balaban J connectivity index is 3.89. The maximum atomic E-state index is 11.9. The summed E-state index contributed by atoms with van der Waals surface area (Å²) in [6, 6.07) is 0. The zero-order valence-corrected chi connectivity index (χ0v) is 12.7. The summed E-state index contributed by atoms with van der Waals surface area (Å²) < 4.78 is 0. The van der Waals surface area contributed by atoms with E-state index in [0.717, 1.165) is 25.7 Å². The molecule has 0 fully saturated rings. The molecule has 0 aromatic rings. The summed E-state index contributed by atoms with van der Waals surface area (Å²) in [5.74, 6) is 0.0669. The number of carbonyl (C=O) groups excluding carboxylic acids is 2. The number of nitrogens with two attached hydrogens (primary N) is 1. The number of nitrogens with zero attached hydrogens (tertiary/aromatic N) is 2. The van der Waals surface area contributed by atoms with Gasteiger partial charge in [0.15, 0.2) is 0 Å². The van der Waals surface area contributed by atoms with Gasteiger partial charge in [0.05, 0.1) is 6.54 Å². The Hall–Kier alpha value is -1.10. The molecule has 2 amide bonds. The third kappa shape index (κ3) is 7.82. The van der Waals surface area contributed by atoms with Crippen molar-refractivity contribution in [2.24, 2.45) is 5.73 Å². The van der Waals surface area contributed by atoms with E-state index in [1.807, 2.05) is 13.8 Å². The third-order valence-corrected chi connectivity index (χ3v) is 3.26. The van der Waals surface area contributed by atoms with Gasteiger partial charge in [-0.3, -0.25) is 9.59 Å². The molecule has 0 heterocycles. The van der Waals surface area contributed by atoms with E-state index in [-0.39, 0.29) is 18.4 Å². The number of hydrogen-bond donors (Lipinski definition) is 1. The number of rotatable bonds is 10. The van der Waals surface area contributed by atoms with E-state index in [2.05, 4.69) is 0 Å². The quantitative estimate of drug-likeness (QED) is 0.608. The molecular weight excluding hydrogens is 242 g/mol. The first kappa shape index (κ1) is 17.9. The summed E-state index contributed by atoms with van der Waals surface area (Å²) in [6.07, 6.45) is 4.52. The minimum Gasteiger partial charge on any atom is -0.342 e. The second kappa shape index (κ2) is 10.8. The predicted octanol–water partition coefficient (Wildman–Crippen LogP) is 1.22. The SMILES string of the molecule is CCN(CC)C(=O)CN(C)C(=O)CCCCCCN. The summed E-state index contributed by atoms with van der Waals surface area (Å²) in [7, 11) is 1.70. The summed E-state index contributed by atoms with van der Waals surface area (Å²) >= 11 is 0. The Bertz CT molecular complexity index is 265. The average molecular weight is 271 g/mol. The Morgan fingerprint density at radius 2 is 1.53 bits per heavy atom. The minimum atomic E-state index is 0.0176. The van der Waals surface area contributed by atoms with E-state index >= 15 is 0 Å². The van der Waals surface area contributed by atoms with Gasteiger partial charge in [-0.1, -0.05) is 12.8 Å². The molecule has 0 saturated carbocycles. The fraction of sp³-hybridized carbons (Fsp3) is 0.857. The standard InChI is InChI=1S/C14H29N3O2/c1-4-17(5-2)14(19)12-16(3)13(18)10-8-6-7-9-11-15/h4-12,15H2,1-3H3. The molecule has 0 saturated heterocycles. The molecule has 0 radical (unpaired) electrons. The van der Waals surface area contributed by atoms with Crippen molar-refractivity contribution < 1.29 is 9.59 Å². The van der Waals surface area contributed by atoms with Gasteiger partial charge in [-0.15, -0.1) is 0 Å². The van der Waals surface area contributed by atoms with Crippen molar-refractivity contribution in [3.8, 4) is 0 Å². The van der Waals surface area contributed by atoms with Gasteiger partial charge in [0.25, 0.3) is 0 Å². The highest BCUT2D eigenvalue weighted by atomic mass is 16.2. The van der Waals surface area contributed by atoms with Gasteiger partial charge in [0, 0.05) is 26.6 Å². The van der Waals surface area contributed by atoms with Crippen LogP contribution in [0.25, 0.3) is 0 Å². The lowest BCUT2D eigenvalue weighted by atomic mass is 10.1. The molecule has 0 spiro atoms. The summed E-state index contributed by atoms with van der Waals surface area (Å²) in [4.78, 5) is 27.0. The Morgan fingerprint density at radius 1 is 0.947 bits per heavy atom. The molecule has 2 N–H and O–H groups in total. The van der Waals surface area contributed by atoms with Gasteiger partial charge in [0.2, 0.25) is 11.8 Å². The van der Waals surface area contributed by atoms with Crippen LogP contribution < -0.4 is 5.73 Å². The van der Waals surface area contributed by atoms with Crippen molar-refractivity contribution in [3.63, 3.8) is 0 Å². The molecule has 0 aliphatic heterocycles. The van der Waals surface area contributed by atoms with Gasteiger partial charge < -0.3 is 15.5 Å². The molecule has 5 heteroatoms. The Kier molecular flexibility index (Phi) is 10.2. The molecule has 0 aromatic carbocycles. The lowest BCUT2D eigenvalue weighted by Crippen LogP contribution is -2.40. The molecular formula is C14H29N3O2. The maximum Gasteiger partial charge on any atom is 0.242 e. The summed E-state index contributed by atoms with van der Waals surface area (Å²) in [6.45, 7) is 6.17. The highest BCUT2D eigenvalue weighted by Gasteiger charge is 2.15. The topological polar surface area (TPSA) is 66.6 Å². The monoisotopic (exact) mass is 271 g/mol. The van der Waals surface area contributed by atoms with Gasteiger partial charge >= 0.3 is 0 Å². The molecule has 0 rings (SSSR count). The summed E-state index contributed by atoms with van der Waals surface area (Å²) in [5.41, 5.74) is 5.41. The van der Waals surface area contributed by atoms with Crippen LogP contribution in [-0.2, 0) is 9.59 Å². The van der Waals surface area contributed by atoms with Crippen LogP contribution in [0.1, 0.15) is 46.0 Å². The number of carbonyl (C=O) groups is 2. The first-order chi connectivity index (χ1) is 9.06. The van der Waals surface area contributed by atoms with Gasteiger partial charge in [-0.25, -0.2) is 0 Å². The van der Waals surface area contributed by atoms with Gasteiger partial charge in [-0.2, -0.15) is 0 Å². The minimum absolute atomic E-state index is 0.0176. The molecule has 5 nitrogen and oxygen atoms in total. The first-order valence-electron chi connectivity index (χ1n) is 7.28. The van der Waals surface area contributed by atoms with Crippen LogP contribution >= 0.6 is 0 Å². The number of likely N-dealkylation sites (N-methyl/N-ethyl adjacent to an activating group) is 2. The molecule has 0 bridgehead atoms. The van der Waals surface area contributed by atoms with Gasteiger partial charge in [0.1, 0.15) is 0 Å². The van der Waals surface area contributed by atoms with Crippen LogP contribution in [0.2, 0.25) is 0 Å². The van der Waals surface area contributed by atoms with Crippen molar-refractivity contribution in [1.29, 1.82) is 0 Å². The number of amides is 2. The fourth-order valence-electron chi connectivity index (χ4n) is 1.93. The maximum absolute atomic E-state index is 11.9. The zero-order chi connectivity index (χ0) is 14.7. The fourth-order valence-corrected chi connectivity index (χ4v) is 1.93. The Labute approximate surface area is 117 Å². The lowest BCUT2D eigenvalue weighted by Gasteiger charge is -2.23. The predicted molar refractivity (Wildman–Crippen MR) is 77.7 cm³/mol. The van der Waals surface area contributed by atoms with Crippen molar-refractivity contribution in [1.82, 2.24) is 9.80 Å². The van der Waals surface area contributed by atoms with Crippen LogP contribution in [0.3, 0.4) is 0 Å². The van der Waals surface area contributed by atoms with Crippen molar-refractivity contribution in [2.45, 2.75) is 46.0 Å². The van der Waals surface area contributed by atoms with Crippen molar-refractivity contribution in [2.75, 3.05) is 33.2 Å². The number of unbranched alkanes of at least 4 members (excludes halogenated alkanes) is 3. The average Bonchev–Trinajstić information content (AvgIpc) is 2.39. The Morgan fingerprint density at radius 3 is 2.05 bits per heavy atom. The van der Waals surface area contributed by atoms with Crippen LogP contribution in [0.4, 0.5) is 0 Å². The van der Waals surface area contributed by atoms with Gasteiger partial charge in [-0.05, 0) is 33.2 Å². The van der Waals surface area contributed by atoms with Crippen molar-refractivity contribution >= 4 is 11.8 Å². The van der Waals surface area contributed by atoms with Crippen LogP contribution in [0, 0.1) is 0 Å². The molecule has 0 aliphatic carbocycles. The molecule has 112 valence electrons. The van der Waals surface area contributed by atoms with E-state index in [0.29, 0.717) is 26.1 Å². The van der Waals surface area contributed by atoms with E-state index in [4.69, 9.17) is 5.73 Å². The molecule has 0 atom stereocenters. The largest absolute Gasteiger partial charge is 0.342 e. The van der Waals surface area contributed by atoms with Crippen LogP contribution in [-0.4, -0.2) is 54.8 Å². The second-order valence-corrected chi connectivity index (χ2v) is 4.77. The van der Waals surface area contributed by atoms with Crippen molar-refractivity contribution in [3.05, 3.63) is 0 Å². The van der Waals surface area contributed by atoms with Crippen LogP contribution in [0.5, 0.6) is 0 Å². The van der Waals surface area contributed by atoms with E-state index in [1.54, 1.807) is 11.9 Å². The lowest BCUT2D eigenvalue weighted by molar-refractivity contribution is -0.139. The third-order valence-electron chi connectivity index (χ3n) is 3.26. The first-order valence-corrected chi connectivity index (χ1v) is 7.28. The second-order valence-electron chi connectivity index (χ2n) is 4.77. The highest BCUT2D eigenvalue weighted by Crippen LogP contribution is 2.04. The van der Waals surface area contributed by atoms with E-state index in [1.165, 1.54) is 4.90 Å². The number of hydrogen-bond acceptors (Lipinski definition) is 3. The smallest absolute Gasteiger partial charge is 0.242 e. The molecule has 0 unspecified atom stereocenters. The van der Waals surface area contributed by atoms with Crippen LogP contribution in [0.15, 0.2) is 0 Å². The summed E-state index contributed by atoms with van der Waals surface area (Å²) in [5, 5.41) is 0. The van der Waals surface area contributed by atoms with E-state index in [9.17, 15) is 9.59 Å². The normalized spacial score (nSPS) is 10.3. The molecule has 19 heavy (non-hydrogen) atoms. The highest BCUT2D eigenvalue weighted by molar-refractivity contribution is 5.84.